The molecule has 1 atom stereocenters. The minimum absolute atomic E-state index is 0.502. The third kappa shape index (κ3) is 2.35. The Morgan fingerprint density at radius 1 is 0.800 bits per heavy atom. The van der Waals surface area contributed by atoms with Gasteiger partial charge in [-0.2, -0.15) is 0 Å². The van der Waals surface area contributed by atoms with Gasteiger partial charge in [-0.05, 0) is 33.5 Å². The van der Waals surface area contributed by atoms with Gasteiger partial charge in [0, 0.05) is 0 Å². The Kier molecular flexibility index (Phi) is 3.34. The summed E-state index contributed by atoms with van der Waals surface area (Å²) < 4.78 is 14.5. The van der Waals surface area contributed by atoms with E-state index in [1.165, 1.54) is 0 Å². The molecule has 0 fully saturated rings. The van der Waals surface area contributed by atoms with E-state index in [9.17, 15) is 4.39 Å². The van der Waals surface area contributed by atoms with Gasteiger partial charge in [-0.15, -0.1) is 0 Å². The molecule has 0 aliphatic rings. The third-order valence-corrected chi connectivity index (χ3v) is 3.52. The maximum Gasteiger partial charge on any atom is 0.150 e. The summed E-state index contributed by atoms with van der Waals surface area (Å²) in [5, 5.41) is 2.26. The average molecular weight is 262 g/mol. The summed E-state index contributed by atoms with van der Waals surface area (Å²) in [5.41, 5.74) is 1.99. The Morgan fingerprint density at radius 3 is 2.20 bits per heavy atom. The van der Waals surface area contributed by atoms with E-state index in [1.54, 1.807) is 12.1 Å². The molecule has 3 aromatic rings. The second-order valence-electron chi connectivity index (χ2n) is 4.86. The average Bonchev–Trinajstić information content (AvgIpc) is 2.54. The van der Waals surface area contributed by atoms with Crippen LogP contribution >= 0.6 is 0 Å². The highest BCUT2D eigenvalue weighted by Gasteiger charge is 2.15. The van der Waals surface area contributed by atoms with Crippen LogP contribution in [-0.4, -0.2) is 0 Å². The normalized spacial score (nSPS) is 12.2. The molecule has 0 aliphatic carbocycles. The summed E-state index contributed by atoms with van der Waals surface area (Å²) in [5.74, 6) is 0. The molecule has 1 unspecified atom stereocenters. The summed E-state index contributed by atoms with van der Waals surface area (Å²) in [6.45, 7) is 3.93. The molecule has 0 aliphatic heterocycles. The number of allylic oxidation sites excluding steroid dienone is 1. The molecule has 1 heteroatoms. The zero-order valence-electron chi connectivity index (χ0n) is 11.1. The molecule has 0 heterocycles. The van der Waals surface area contributed by atoms with E-state index in [-0.39, 0.29) is 0 Å². The van der Waals surface area contributed by atoms with Crippen molar-refractivity contribution in [2.45, 2.75) is 6.17 Å². The molecule has 0 amide bonds. The highest BCUT2D eigenvalue weighted by atomic mass is 19.1. The van der Waals surface area contributed by atoms with Gasteiger partial charge in [0.1, 0.15) is 0 Å². The quantitative estimate of drug-likeness (QED) is 0.579. The Balaban J connectivity index is 1.96. The van der Waals surface area contributed by atoms with Crippen LogP contribution < -0.4 is 0 Å². The van der Waals surface area contributed by atoms with Gasteiger partial charge in [0.05, 0.1) is 0 Å². The molecule has 0 nitrogen and oxygen atoms in total. The van der Waals surface area contributed by atoms with Crippen molar-refractivity contribution < 1.29 is 4.39 Å². The highest BCUT2D eigenvalue weighted by Crippen LogP contribution is 2.33. The van der Waals surface area contributed by atoms with Crippen molar-refractivity contribution in [2.75, 3.05) is 0 Å². The van der Waals surface area contributed by atoms with Crippen LogP contribution in [0, 0.1) is 0 Å². The molecule has 0 bridgehead atoms. The number of fused-ring (bicyclic) bond motifs is 1. The molecule has 0 saturated carbocycles. The van der Waals surface area contributed by atoms with Crippen LogP contribution in [-0.2, 0) is 0 Å². The molecular formula is C19H15F. The number of alkyl halides is 1. The Labute approximate surface area is 118 Å². The number of rotatable bonds is 3. The van der Waals surface area contributed by atoms with Gasteiger partial charge in [-0.1, -0.05) is 73.3 Å². The van der Waals surface area contributed by atoms with Gasteiger partial charge in [-0.25, -0.2) is 4.39 Å². The molecule has 0 saturated heterocycles. The Bertz CT molecular complexity index is 744. The second-order valence-corrected chi connectivity index (χ2v) is 4.86. The van der Waals surface area contributed by atoms with Gasteiger partial charge in [0.25, 0.3) is 0 Å². The van der Waals surface area contributed by atoms with Crippen molar-refractivity contribution in [2.24, 2.45) is 0 Å². The number of benzene rings is 3. The first-order valence-corrected chi connectivity index (χ1v) is 6.63. The lowest BCUT2D eigenvalue weighted by Gasteiger charge is -2.13. The van der Waals surface area contributed by atoms with Gasteiger partial charge < -0.3 is 0 Å². The standard InChI is InChI=1S/C19H15F/c1-14(19(20)16-8-3-2-4-9-16)17-12-11-15-7-5-6-10-18(15)13-17/h2-13,19H,1H2. The summed E-state index contributed by atoms with van der Waals surface area (Å²) in [6.07, 6.45) is -1.17. The fourth-order valence-corrected chi connectivity index (χ4v) is 2.36. The van der Waals surface area contributed by atoms with Gasteiger partial charge in [0.2, 0.25) is 0 Å². The van der Waals surface area contributed by atoms with Crippen LogP contribution in [0.2, 0.25) is 0 Å². The van der Waals surface area contributed by atoms with Gasteiger partial charge in [0.15, 0.2) is 6.17 Å². The molecule has 98 valence electrons. The first-order valence-electron chi connectivity index (χ1n) is 6.63. The smallest absolute Gasteiger partial charge is 0.150 e. The lowest BCUT2D eigenvalue weighted by atomic mass is 9.96. The monoisotopic (exact) mass is 262 g/mol. The van der Waals surface area contributed by atoms with Crippen molar-refractivity contribution in [1.82, 2.24) is 0 Å². The molecule has 0 N–H and O–H groups in total. The molecule has 3 aromatic carbocycles. The van der Waals surface area contributed by atoms with E-state index in [1.807, 2.05) is 60.7 Å². The lowest BCUT2D eigenvalue weighted by Crippen LogP contribution is -1.95. The van der Waals surface area contributed by atoms with Crippen LogP contribution in [0.4, 0.5) is 4.39 Å². The van der Waals surface area contributed by atoms with E-state index in [4.69, 9.17) is 0 Å². The highest BCUT2D eigenvalue weighted by molar-refractivity contribution is 5.86. The van der Waals surface area contributed by atoms with E-state index in [0.29, 0.717) is 11.1 Å². The number of halogens is 1. The summed E-state index contributed by atoms with van der Waals surface area (Å²) in [4.78, 5) is 0. The van der Waals surface area contributed by atoms with Crippen molar-refractivity contribution in [3.05, 3.63) is 90.5 Å². The van der Waals surface area contributed by atoms with Crippen molar-refractivity contribution in [1.29, 1.82) is 0 Å². The molecule has 20 heavy (non-hydrogen) atoms. The van der Waals surface area contributed by atoms with E-state index < -0.39 is 6.17 Å². The minimum atomic E-state index is -1.17. The van der Waals surface area contributed by atoms with Gasteiger partial charge in [-0.3, -0.25) is 0 Å². The second kappa shape index (κ2) is 5.30. The van der Waals surface area contributed by atoms with E-state index in [0.717, 1.165) is 16.3 Å². The Morgan fingerprint density at radius 2 is 1.45 bits per heavy atom. The molecular weight excluding hydrogens is 247 g/mol. The molecule has 3 rings (SSSR count). The number of hydrogen-bond donors (Lipinski definition) is 0. The SMILES string of the molecule is C=C(c1ccc2ccccc2c1)C(F)c1ccccc1. The summed E-state index contributed by atoms with van der Waals surface area (Å²) in [7, 11) is 0. The Hall–Kier alpha value is -2.41. The van der Waals surface area contributed by atoms with Crippen LogP contribution in [0.15, 0.2) is 79.4 Å². The van der Waals surface area contributed by atoms with Crippen molar-refractivity contribution in [3.63, 3.8) is 0 Å². The first-order chi connectivity index (χ1) is 9.75. The summed E-state index contributed by atoms with van der Waals surface area (Å²) in [6, 6.07) is 23.1. The van der Waals surface area contributed by atoms with Crippen molar-refractivity contribution in [3.8, 4) is 0 Å². The maximum absolute atomic E-state index is 14.5. The van der Waals surface area contributed by atoms with Crippen LogP contribution in [0.25, 0.3) is 16.3 Å². The topological polar surface area (TPSA) is 0 Å². The predicted octanol–water partition coefficient (Wildman–Crippen LogP) is 5.56. The molecule has 0 radical (unpaired) electrons. The van der Waals surface area contributed by atoms with E-state index in [2.05, 4.69) is 6.58 Å². The predicted molar refractivity (Wildman–Crippen MR) is 83.3 cm³/mol. The zero-order chi connectivity index (χ0) is 13.9. The molecule has 0 spiro atoms. The van der Waals surface area contributed by atoms with Crippen LogP contribution in [0.5, 0.6) is 0 Å². The minimum Gasteiger partial charge on any atom is -0.237 e. The van der Waals surface area contributed by atoms with Crippen LogP contribution in [0.3, 0.4) is 0 Å². The maximum atomic E-state index is 14.5. The molecule has 0 aromatic heterocycles. The third-order valence-electron chi connectivity index (χ3n) is 3.52. The number of hydrogen-bond acceptors (Lipinski definition) is 0. The fraction of sp³-hybridized carbons (Fsp3) is 0.0526. The summed E-state index contributed by atoms with van der Waals surface area (Å²) >= 11 is 0. The fourth-order valence-electron chi connectivity index (χ4n) is 2.36. The zero-order valence-corrected chi connectivity index (χ0v) is 11.1. The van der Waals surface area contributed by atoms with Gasteiger partial charge >= 0.3 is 0 Å². The van der Waals surface area contributed by atoms with Crippen LogP contribution in [0.1, 0.15) is 17.3 Å². The largest absolute Gasteiger partial charge is 0.237 e. The lowest BCUT2D eigenvalue weighted by molar-refractivity contribution is 0.427. The van der Waals surface area contributed by atoms with E-state index >= 15 is 0 Å². The van der Waals surface area contributed by atoms with Crippen molar-refractivity contribution >= 4 is 16.3 Å². The first kappa shape index (κ1) is 12.6.